The number of rotatable bonds is 3. The zero-order valence-corrected chi connectivity index (χ0v) is 22.7. The SMILES string of the molecule is C=C[C@@H]1O[C@@H]2C3=C(C)[C@@H](O)C[C@@](O)([C@@H](OC(=O)c4ccccc4)[C@@H]4[C@]5(O)CO[C@@H]5C[C@H](O)[C@@]4(C)[C@@H]2O1)C3(C)C. The van der Waals surface area contributed by atoms with Crippen molar-refractivity contribution in [2.45, 2.75) is 94.7 Å². The Morgan fingerprint density at radius 1 is 1.13 bits per heavy atom. The lowest BCUT2D eigenvalue weighted by molar-refractivity contribution is -0.360. The monoisotopic (exact) mass is 542 g/mol. The van der Waals surface area contributed by atoms with Gasteiger partial charge in [0, 0.05) is 29.6 Å². The summed E-state index contributed by atoms with van der Waals surface area (Å²) in [7, 11) is 0. The van der Waals surface area contributed by atoms with Crippen LogP contribution in [0.3, 0.4) is 0 Å². The van der Waals surface area contributed by atoms with Crippen LogP contribution in [0.5, 0.6) is 0 Å². The molecule has 4 N–H and O–H groups in total. The van der Waals surface area contributed by atoms with Gasteiger partial charge in [0.1, 0.15) is 23.4 Å². The van der Waals surface area contributed by atoms with Crippen molar-refractivity contribution in [3.63, 3.8) is 0 Å². The van der Waals surface area contributed by atoms with Gasteiger partial charge in [-0.2, -0.15) is 0 Å². The summed E-state index contributed by atoms with van der Waals surface area (Å²) >= 11 is 0. The number of fused-ring (bicyclic) bond motifs is 8. The third-order valence-electron chi connectivity index (χ3n) is 10.6. The molecule has 0 amide bonds. The fourth-order valence-electron chi connectivity index (χ4n) is 8.22. The summed E-state index contributed by atoms with van der Waals surface area (Å²) in [6.07, 6.45) is -5.08. The van der Waals surface area contributed by atoms with Crippen LogP contribution in [0, 0.1) is 16.7 Å². The van der Waals surface area contributed by atoms with E-state index in [-0.39, 0.29) is 25.0 Å². The van der Waals surface area contributed by atoms with Gasteiger partial charge in [0.2, 0.25) is 0 Å². The summed E-state index contributed by atoms with van der Waals surface area (Å²) in [5, 5.41) is 48.0. The standard InChI is InChI=1S/C30H38O9/c1-6-20-37-22-21-15(2)17(31)13-30(35,27(21,3)4)25(39-26(33)16-10-8-7-9-11-16)23-28(5,24(22)38-20)18(32)12-19-29(23,34)14-36-19/h6-11,17-20,22-25,31-32,34-35H,1,12-14H2,2-5H3/t17-,18-,19+,20+,22+,23-,24+,25-,28+,29-,30+/m0/s1. The number of carbonyl (C=O) groups is 1. The van der Waals surface area contributed by atoms with Gasteiger partial charge in [-0.25, -0.2) is 4.79 Å². The third-order valence-corrected chi connectivity index (χ3v) is 10.6. The van der Waals surface area contributed by atoms with Crippen molar-refractivity contribution in [1.82, 2.24) is 0 Å². The van der Waals surface area contributed by atoms with E-state index >= 15 is 0 Å². The first-order valence-corrected chi connectivity index (χ1v) is 13.6. The summed E-state index contributed by atoms with van der Waals surface area (Å²) in [6.45, 7) is 11.0. The molecular formula is C30H38O9. The smallest absolute Gasteiger partial charge is 0.338 e. The molecule has 39 heavy (non-hydrogen) atoms. The number of ether oxygens (including phenoxy) is 4. The van der Waals surface area contributed by atoms with Crippen LogP contribution in [-0.4, -0.2) is 87.1 Å². The summed E-state index contributed by atoms with van der Waals surface area (Å²) < 4.78 is 24.7. The Balaban J connectivity index is 1.62. The maximum absolute atomic E-state index is 13.6. The fourth-order valence-corrected chi connectivity index (χ4v) is 8.22. The van der Waals surface area contributed by atoms with E-state index in [2.05, 4.69) is 6.58 Å². The average molecular weight is 543 g/mol. The largest absolute Gasteiger partial charge is 0.455 e. The molecule has 4 fully saturated rings. The van der Waals surface area contributed by atoms with Crippen LogP contribution >= 0.6 is 0 Å². The van der Waals surface area contributed by atoms with Gasteiger partial charge in [0.25, 0.3) is 0 Å². The van der Waals surface area contributed by atoms with Crippen molar-refractivity contribution < 1.29 is 44.2 Å². The lowest BCUT2D eigenvalue weighted by Gasteiger charge is -2.68. The number of hydrogen-bond donors (Lipinski definition) is 4. The molecule has 6 rings (SSSR count). The highest BCUT2D eigenvalue weighted by molar-refractivity contribution is 5.89. The second-order valence-electron chi connectivity index (χ2n) is 12.7. The first kappa shape index (κ1) is 27.1. The molecule has 1 aromatic rings. The van der Waals surface area contributed by atoms with E-state index in [9.17, 15) is 25.2 Å². The summed E-state index contributed by atoms with van der Waals surface area (Å²) in [6, 6.07) is 8.43. The minimum atomic E-state index is -1.86. The molecular weight excluding hydrogens is 504 g/mol. The second kappa shape index (κ2) is 8.69. The van der Waals surface area contributed by atoms with Crippen molar-refractivity contribution in [1.29, 1.82) is 0 Å². The number of hydrogen-bond acceptors (Lipinski definition) is 9. The van der Waals surface area contributed by atoms with Gasteiger partial charge in [0.05, 0.1) is 36.6 Å². The fraction of sp³-hybridized carbons (Fsp3) is 0.633. The molecule has 5 aliphatic rings. The van der Waals surface area contributed by atoms with E-state index in [4.69, 9.17) is 18.9 Å². The van der Waals surface area contributed by atoms with Crippen molar-refractivity contribution in [2.24, 2.45) is 16.7 Å². The number of aliphatic hydroxyl groups excluding tert-OH is 2. The van der Waals surface area contributed by atoms with Crippen LogP contribution in [-0.2, 0) is 18.9 Å². The number of carbonyl (C=O) groups excluding carboxylic acids is 1. The van der Waals surface area contributed by atoms with Crippen molar-refractivity contribution in [3.05, 3.63) is 59.7 Å². The molecule has 1 aromatic carbocycles. The summed E-state index contributed by atoms with van der Waals surface area (Å²) in [5.41, 5.74) is -4.20. The topological polar surface area (TPSA) is 135 Å². The molecule has 2 saturated carbocycles. The number of benzene rings is 1. The van der Waals surface area contributed by atoms with E-state index in [0.29, 0.717) is 11.1 Å². The van der Waals surface area contributed by atoms with E-state index in [1.807, 2.05) is 13.8 Å². The van der Waals surface area contributed by atoms with Gasteiger partial charge in [-0.1, -0.05) is 45.5 Å². The molecule has 0 spiro atoms. The van der Waals surface area contributed by atoms with Gasteiger partial charge < -0.3 is 39.4 Å². The summed E-state index contributed by atoms with van der Waals surface area (Å²) in [4.78, 5) is 13.6. The van der Waals surface area contributed by atoms with Crippen LogP contribution < -0.4 is 0 Å². The molecule has 2 saturated heterocycles. The van der Waals surface area contributed by atoms with Crippen molar-refractivity contribution in [3.8, 4) is 0 Å². The highest BCUT2D eigenvalue weighted by Crippen LogP contribution is 2.65. The Bertz CT molecular complexity index is 1210. The van der Waals surface area contributed by atoms with Crippen LogP contribution in [0.2, 0.25) is 0 Å². The number of aliphatic hydroxyl groups is 4. The quantitative estimate of drug-likeness (QED) is 0.334. The van der Waals surface area contributed by atoms with Crippen LogP contribution in [0.1, 0.15) is 50.9 Å². The highest BCUT2D eigenvalue weighted by atomic mass is 16.7. The van der Waals surface area contributed by atoms with Crippen LogP contribution in [0.25, 0.3) is 0 Å². The maximum atomic E-state index is 13.6. The Morgan fingerprint density at radius 3 is 2.44 bits per heavy atom. The highest BCUT2D eigenvalue weighted by Gasteiger charge is 2.77. The van der Waals surface area contributed by atoms with E-state index in [1.165, 1.54) is 6.08 Å². The molecule has 3 aliphatic carbocycles. The van der Waals surface area contributed by atoms with E-state index < -0.39 is 76.8 Å². The lowest BCUT2D eigenvalue weighted by Crippen LogP contribution is -2.81. The zero-order chi connectivity index (χ0) is 28.1. The van der Waals surface area contributed by atoms with Crippen LogP contribution in [0.4, 0.5) is 0 Å². The summed E-state index contributed by atoms with van der Waals surface area (Å²) in [5.74, 6) is -1.71. The van der Waals surface area contributed by atoms with Gasteiger partial charge in [0.15, 0.2) is 6.29 Å². The molecule has 0 aromatic heterocycles. The Labute approximate surface area is 228 Å². The average Bonchev–Trinajstić information content (AvgIpc) is 3.32. The molecule has 2 bridgehead atoms. The van der Waals surface area contributed by atoms with Crippen molar-refractivity contribution >= 4 is 5.97 Å². The zero-order valence-electron chi connectivity index (χ0n) is 22.7. The van der Waals surface area contributed by atoms with Crippen molar-refractivity contribution in [2.75, 3.05) is 6.61 Å². The van der Waals surface area contributed by atoms with Gasteiger partial charge in [-0.15, -0.1) is 0 Å². The molecule has 2 aliphatic heterocycles. The maximum Gasteiger partial charge on any atom is 0.338 e. The van der Waals surface area contributed by atoms with Gasteiger partial charge in [-0.05, 0) is 36.3 Å². The second-order valence-corrected chi connectivity index (χ2v) is 12.7. The Kier molecular flexibility index (Phi) is 6.04. The minimum absolute atomic E-state index is 0.0616. The van der Waals surface area contributed by atoms with Crippen LogP contribution in [0.15, 0.2) is 54.1 Å². The van der Waals surface area contributed by atoms with Gasteiger partial charge in [-0.3, -0.25) is 0 Å². The molecule has 212 valence electrons. The predicted molar refractivity (Wildman–Crippen MR) is 138 cm³/mol. The first-order chi connectivity index (χ1) is 18.3. The van der Waals surface area contributed by atoms with E-state index in [1.54, 1.807) is 44.2 Å². The van der Waals surface area contributed by atoms with Gasteiger partial charge >= 0.3 is 5.97 Å². The molecule has 0 unspecified atom stereocenters. The Hall–Kier alpha value is -2.11. The first-order valence-electron chi connectivity index (χ1n) is 13.6. The molecule has 2 heterocycles. The molecule has 11 atom stereocenters. The minimum Gasteiger partial charge on any atom is -0.455 e. The number of esters is 1. The van der Waals surface area contributed by atoms with E-state index in [0.717, 1.165) is 0 Å². The lowest BCUT2D eigenvalue weighted by atomic mass is 9.44. The Morgan fingerprint density at radius 2 is 1.82 bits per heavy atom. The molecule has 9 heteroatoms. The molecule has 9 nitrogen and oxygen atoms in total. The molecule has 0 radical (unpaired) electrons. The normalized spacial score (nSPS) is 48.0. The third kappa shape index (κ3) is 3.41. The predicted octanol–water partition coefficient (Wildman–Crippen LogP) is 1.88.